The Morgan fingerprint density at radius 1 is 1.45 bits per heavy atom. The quantitative estimate of drug-likeness (QED) is 0.813. The van der Waals surface area contributed by atoms with Crippen LogP contribution in [0, 0.1) is 12.7 Å². The van der Waals surface area contributed by atoms with Crippen LogP contribution in [0.2, 0.25) is 0 Å². The molecule has 0 saturated heterocycles. The first kappa shape index (κ1) is 15.7. The Hall–Kier alpha value is -0.660. The first-order valence-electron chi connectivity index (χ1n) is 6.59. The number of rotatable bonds is 6. The molecule has 1 aromatic rings. The van der Waals surface area contributed by atoms with Gasteiger partial charge in [-0.2, -0.15) is 13.2 Å². The van der Waals surface area contributed by atoms with Crippen molar-refractivity contribution in [3.8, 4) is 0 Å². The lowest BCUT2D eigenvalue weighted by atomic mass is 10.1. The number of nitrogens with zero attached hydrogens (tertiary/aromatic N) is 1. The molecular formula is C13H18F4N2S. The Kier molecular flexibility index (Phi) is 4.71. The molecule has 20 heavy (non-hydrogen) atoms. The van der Waals surface area contributed by atoms with Crippen LogP contribution in [0.1, 0.15) is 35.7 Å². The molecule has 2 N–H and O–H groups in total. The fourth-order valence-electron chi connectivity index (χ4n) is 2.40. The maximum Gasteiger partial charge on any atom is 0.390 e. The van der Waals surface area contributed by atoms with Crippen molar-refractivity contribution in [1.82, 2.24) is 4.90 Å². The molecule has 1 aromatic heterocycles. The number of halogens is 4. The Bertz CT molecular complexity index is 454. The van der Waals surface area contributed by atoms with Crippen LogP contribution in [0.5, 0.6) is 0 Å². The average molecular weight is 310 g/mol. The summed E-state index contributed by atoms with van der Waals surface area (Å²) < 4.78 is 52.6. The van der Waals surface area contributed by atoms with Crippen LogP contribution in [-0.4, -0.2) is 30.2 Å². The molecule has 7 heteroatoms. The van der Waals surface area contributed by atoms with E-state index in [9.17, 15) is 17.6 Å². The molecule has 2 rings (SSSR count). The van der Waals surface area contributed by atoms with Crippen molar-refractivity contribution in [2.24, 2.45) is 5.73 Å². The minimum absolute atomic E-state index is 0.104. The lowest BCUT2D eigenvalue weighted by Gasteiger charge is -2.31. The maximum absolute atomic E-state index is 14.1. The van der Waals surface area contributed by atoms with E-state index in [-0.39, 0.29) is 17.5 Å². The summed E-state index contributed by atoms with van der Waals surface area (Å²) in [6, 6.07) is -0.850. The molecule has 0 aromatic carbocycles. The minimum Gasteiger partial charge on any atom is -0.329 e. The molecule has 0 bridgehead atoms. The number of alkyl halides is 3. The Morgan fingerprint density at radius 3 is 2.50 bits per heavy atom. The van der Waals surface area contributed by atoms with E-state index in [1.807, 2.05) is 0 Å². The topological polar surface area (TPSA) is 29.3 Å². The largest absolute Gasteiger partial charge is 0.390 e. The third-order valence-corrected chi connectivity index (χ3v) is 4.63. The fourth-order valence-corrected chi connectivity index (χ4v) is 3.45. The zero-order valence-electron chi connectivity index (χ0n) is 11.2. The van der Waals surface area contributed by atoms with Crippen LogP contribution in [0.15, 0.2) is 5.38 Å². The van der Waals surface area contributed by atoms with E-state index < -0.39 is 24.5 Å². The van der Waals surface area contributed by atoms with Crippen molar-refractivity contribution in [1.29, 1.82) is 0 Å². The van der Waals surface area contributed by atoms with Gasteiger partial charge in [-0.05, 0) is 30.7 Å². The SMILES string of the molecule is Cc1csc(C(CC(F)(F)F)N(CCN)C2CC2)c1F. The van der Waals surface area contributed by atoms with Gasteiger partial charge in [0.2, 0.25) is 0 Å². The molecule has 1 saturated carbocycles. The highest BCUT2D eigenvalue weighted by Gasteiger charge is 2.42. The van der Waals surface area contributed by atoms with Crippen LogP contribution in [0.25, 0.3) is 0 Å². The van der Waals surface area contributed by atoms with Gasteiger partial charge >= 0.3 is 6.18 Å². The van der Waals surface area contributed by atoms with Crippen LogP contribution in [-0.2, 0) is 0 Å². The number of thiophene rings is 1. The van der Waals surface area contributed by atoms with Crippen molar-refractivity contribution in [3.05, 3.63) is 21.6 Å². The first-order chi connectivity index (χ1) is 9.33. The molecule has 1 aliphatic rings. The lowest BCUT2D eigenvalue weighted by Crippen LogP contribution is -2.37. The van der Waals surface area contributed by atoms with Gasteiger partial charge in [-0.1, -0.05) is 0 Å². The van der Waals surface area contributed by atoms with E-state index in [0.717, 1.165) is 24.2 Å². The van der Waals surface area contributed by atoms with E-state index >= 15 is 0 Å². The zero-order chi connectivity index (χ0) is 14.9. The monoisotopic (exact) mass is 310 g/mol. The molecule has 1 unspecified atom stereocenters. The first-order valence-corrected chi connectivity index (χ1v) is 7.47. The summed E-state index contributed by atoms with van der Waals surface area (Å²) in [7, 11) is 0. The normalized spacial score (nSPS) is 17.8. The molecule has 1 atom stereocenters. The van der Waals surface area contributed by atoms with Gasteiger partial charge in [0.15, 0.2) is 0 Å². The Labute approximate surface area is 119 Å². The summed E-state index contributed by atoms with van der Waals surface area (Å²) in [5, 5.41) is 1.57. The second-order valence-corrected chi connectivity index (χ2v) is 6.10. The van der Waals surface area contributed by atoms with Crippen molar-refractivity contribution < 1.29 is 17.6 Å². The third-order valence-electron chi connectivity index (χ3n) is 3.46. The van der Waals surface area contributed by atoms with Crippen molar-refractivity contribution in [3.63, 3.8) is 0 Å². The second-order valence-electron chi connectivity index (χ2n) is 5.19. The summed E-state index contributed by atoms with van der Waals surface area (Å²) in [5.41, 5.74) is 5.91. The summed E-state index contributed by atoms with van der Waals surface area (Å²) >= 11 is 1.07. The summed E-state index contributed by atoms with van der Waals surface area (Å²) in [4.78, 5) is 1.90. The molecule has 0 aliphatic heterocycles. The van der Waals surface area contributed by atoms with E-state index in [0.29, 0.717) is 12.1 Å². The maximum atomic E-state index is 14.1. The molecule has 114 valence electrons. The van der Waals surface area contributed by atoms with Gasteiger partial charge in [-0.3, -0.25) is 4.90 Å². The van der Waals surface area contributed by atoms with Crippen LogP contribution >= 0.6 is 11.3 Å². The molecule has 2 nitrogen and oxygen atoms in total. The number of hydrogen-bond donors (Lipinski definition) is 1. The predicted octanol–water partition coefficient (Wildman–Crippen LogP) is 3.61. The lowest BCUT2D eigenvalue weighted by molar-refractivity contribution is -0.148. The molecular weight excluding hydrogens is 292 g/mol. The molecule has 1 heterocycles. The van der Waals surface area contributed by atoms with Gasteiger partial charge in [0.1, 0.15) is 5.82 Å². The summed E-state index contributed by atoms with van der Waals surface area (Å²) in [6.07, 6.45) is -3.63. The van der Waals surface area contributed by atoms with E-state index in [1.54, 1.807) is 17.2 Å². The van der Waals surface area contributed by atoms with Crippen LogP contribution < -0.4 is 5.73 Å². The van der Waals surface area contributed by atoms with E-state index in [4.69, 9.17) is 5.73 Å². The summed E-state index contributed by atoms with van der Waals surface area (Å²) in [6.45, 7) is 2.21. The number of hydrogen-bond acceptors (Lipinski definition) is 3. The molecule has 1 aliphatic carbocycles. The highest BCUT2D eigenvalue weighted by Crippen LogP contribution is 2.42. The molecule has 1 fully saturated rings. The zero-order valence-corrected chi connectivity index (χ0v) is 12.0. The van der Waals surface area contributed by atoms with Crippen LogP contribution in [0.3, 0.4) is 0 Å². The molecule has 0 radical (unpaired) electrons. The van der Waals surface area contributed by atoms with Gasteiger partial charge in [-0.25, -0.2) is 4.39 Å². The van der Waals surface area contributed by atoms with Crippen molar-refractivity contribution in [2.75, 3.05) is 13.1 Å². The minimum atomic E-state index is -4.32. The molecule has 0 amide bonds. The van der Waals surface area contributed by atoms with Gasteiger partial charge in [-0.15, -0.1) is 11.3 Å². The average Bonchev–Trinajstić information content (AvgIpc) is 3.12. The van der Waals surface area contributed by atoms with E-state index in [2.05, 4.69) is 0 Å². The second kappa shape index (κ2) is 5.99. The number of nitrogens with two attached hydrogens (primary N) is 1. The highest BCUT2D eigenvalue weighted by atomic mass is 32.1. The highest BCUT2D eigenvalue weighted by molar-refractivity contribution is 7.10. The van der Waals surface area contributed by atoms with Gasteiger partial charge in [0, 0.05) is 19.1 Å². The van der Waals surface area contributed by atoms with Gasteiger partial charge < -0.3 is 5.73 Å². The van der Waals surface area contributed by atoms with Crippen LogP contribution in [0.4, 0.5) is 17.6 Å². The van der Waals surface area contributed by atoms with Gasteiger partial charge in [0.05, 0.1) is 17.3 Å². The van der Waals surface area contributed by atoms with Gasteiger partial charge in [0.25, 0.3) is 0 Å². The summed E-state index contributed by atoms with van der Waals surface area (Å²) in [5.74, 6) is -0.507. The van der Waals surface area contributed by atoms with Crippen molar-refractivity contribution >= 4 is 11.3 Å². The molecule has 0 spiro atoms. The van der Waals surface area contributed by atoms with Crippen molar-refractivity contribution in [2.45, 2.75) is 44.4 Å². The third kappa shape index (κ3) is 3.71. The number of aryl methyl sites for hydroxylation is 1. The van der Waals surface area contributed by atoms with E-state index in [1.165, 1.54) is 0 Å². The standard InChI is InChI=1S/C13H18F4N2S/c1-8-7-20-12(11(8)14)10(6-13(15,16)17)19(5-4-18)9-2-3-9/h7,9-10H,2-6,18H2,1H3. The fraction of sp³-hybridized carbons (Fsp3) is 0.692. The Morgan fingerprint density at radius 2 is 2.10 bits per heavy atom. The Balaban J connectivity index is 2.30. The predicted molar refractivity (Wildman–Crippen MR) is 71.2 cm³/mol. The smallest absolute Gasteiger partial charge is 0.329 e.